The SMILES string of the molecule is O=C(C=Cc1ccco1)NCc1nc(C2CCOCC2)no1. The first-order valence-corrected chi connectivity index (χ1v) is 7.21. The van der Waals surface area contributed by atoms with E-state index in [1.165, 1.54) is 6.08 Å². The summed E-state index contributed by atoms with van der Waals surface area (Å²) in [5.74, 6) is 1.75. The van der Waals surface area contributed by atoms with Crippen molar-refractivity contribution < 1.29 is 18.5 Å². The molecule has 1 fully saturated rings. The smallest absolute Gasteiger partial charge is 0.246 e. The predicted octanol–water partition coefficient (Wildman–Crippen LogP) is 1.89. The first-order valence-electron chi connectivity index (χ1n) is 7.21. The van der Waals surface area contributed by atoms with Crippen molar-refractivity contribution in [2.75, 3.05) is 13.2 Å². The van der Waals surface area contributed by atoms with Gasteiger partial charge in [0.15, 0.2) is 5.82 Å². The Morgan fingerprint density at radius 2 is 2.27 bits per heavy atom. The van der Waals surface area contributed by atoms with Crippen molar-refractivity contribution in [3.8, 4) is 0 Å². The van der Waals surface area contributed by atoms with Gasteiger partial charge in [-0.25, -0.2) is 0 Å². The molecule has 0 spiro atoms. The van der Waals surface area contributed by atoms with Crippen molar-refractivity contribution in [3.05, 3.63) is 41.9 Å². The van der Waals surface area contributed by atoms with Gasteiger partial charge in [0, 0.05) is 25.2 Å². The van der Waals surface area contributed by atoms with Gasteiger partial charge in [-0.05, 0) is 31.1 Å². The Hall–Kier alpha value is -2.41. The number of nitrogens with one attached hydrogen (secondary N) is 1. The Labute approximate surface area is 127 Å². The second kappa shape index (κ2) is 7.04. The highest BCUT2D eigenvalue weighted by atomic mass is 16.5. The zero-order valence-electron chi connectivity index (χ0n) is 12.0. The lowest BCUT2D eigenvalue weighted by Gasteiger charge is -2.18. The van der Waals surface area contributed by atoms with Crippen LogP contribution in [-0.4, -0.2) is 29.3 Å². The molecule has 1 amide bonds. The number of furan rings is 1. The molecule has 22 heavy (non-hydrogen) atoms. The molecule has 0 saturated carbocycles. The van der Waals surface area contributed by atoms with E-state index in [1.54, 1.807) is 24.5 Å². The van der Waals surface area contributed by atoms with E-state index in [1.807, 2.05) is 0 Å². The molecule has 3 heterocycles. The van der Waals surface area contributed by atoms with E-state index >= 15 is 0 Å². The summed E-state index contributed by atoms with van der Waals surface area (Å²) in [6, 6.07) is 3.52. The predicted molar refractivity (Wildman–Crippen MR) is 76.7 cm³/mol. The van der Waals surface area contributed by atoms with E-state index in [4.69, 9.17) is 13.7 Å². The van der Waals surface area contributed by atoms with Crippen LogP contribution in [-0.2, 0) is 16.1 Å². The minimum atomic E-state index is -0.248. The number of ether oxygens (including phenoxy) is 1. The van der Waals surface area contributed by atoms with E-state index in [-0.39, 0.29) is 18.4 Å². The number of nitrogens with zero attached hydrogens (tertiary/aromatic N) is 2. The molecule has 1 N–H and O–H groups in total. The van der Waals surface area contributed by atoms with Crippen LogP contribution >= 0.6 is 0 Å². The summed E-state index contributed by atoms with van der Waals surface area (Å²) in [6.07, 6.45) is 6.34. The lowest BCUT2D eigenvalue weighted by Crippen LogP contribution is -2.20. The van der Waals surface area contributed by atoms with Crippen molar-refractivity contribution in [2.24, 2.45) is 0 Å². The van der Waals surface area contributed by atoms with Crippen molar-refractivity contribution in [3.63, 3.8) is 0 Å². The molecular formula is C15H17N3O4. The maximum atomic E-state index is 11.7. The van der Waals surface area contributed by atoms with Crippen LogP contribution < -0.4 is 5.32 Å². The highest BCUT2D eigenvalue weighted by Gasteiger charge is 2.21. The van der Waals surface area contributed by atoms with Gasteiger partial charge in [-0.1, -0.05) is 5.16 Å². The molecule has 2 aromatic rings. The molecule has 0 unspecified atom stereocenters. The Kier molecular flexibility index (Phi) is 4.65. The molecule has 2 aromatic heterocycles. The number of hydrogen-bond donors (Lipinski definition) is 1. The third-order valence-corrected chi connectivity index (χ3v) is 3.43. The van der Waals surface area contributed by atoms with Crippen LogP contribution in [0.2, 0.25) is 0 Å². The fourth-order valence-corrected chi connectivity index (χ4v) is 2.23. The fraction of sp³-hybridized carbons (Fsp3) is 0.400. The van der Waals surface area contributed by atoms with Gasteiger partial charge in [0.25, 0.3) is 0 Å². The van der Waals surface area contributed by atoms with Crippen LogP contribution in [0.25, 0.3) is 6.08 Å². The fourth-order valence-electron chi connectivity index (χ4n) is 2.23. The van der Waals surface area contributed by atoms with Crippen LogP contribution in [0.15, 0.2) is 33.4 Å². The largest absolute Gasteiger partial charge is 0.465 e. The number of hydrogen-bond acceptors (Lipinski definition) is 6. The van der Waals surface area contributed by atoms with Gasteiger partial charge in [0.1, 0.15) is 5.76 Å². The minimum Gasteiger partial charge on any atom is -0.465 e. The molecule has 7 heteroatoms. The second-order valence-electron chi connectivity index (χ2n) is 5.00. The Morgan fingerprint density at radius 3 is 3.05 bits per heavy atom. The number of aromatic nitrogens is 2. The standard InChI is InChI=1S/C15H17N3O4/c19-13(4-3-12-2-1-7-21-12)16-10-14-17-15(18-22-14)11-5-8-20-9-6-11/h1-4,7,11H,5-6,8-10H2,(H,16,19). The van der Waals surface area contributed by atoms with E-state index in [2.05, 4.69) is 15.5 Å². The average molecular weight is 303 g/mol. The molecule has 1 aliphatic rings. The lowest BCUT2D eigenvalue weighted by molar-refractivity contribution is -0.116. The molecule has 1 aliphatic heterocycles. The quantitative estimate of drug-likeness (QED) is 0.848. The third-order valence-electron chi connectivity index (χ3n) is 3.43. The zero-order chi connectivity index (χ0) is 15.2. The maximum Gasteiger partial charge on any atom is 0.246 e. The van der Waals surface area contributed by atoms with E-state index in [9.17, 15) is 4.79 Å². The Bertz CT molecular complexity index is 627. The summed E-state index contributed by atoms with van der Waals surface area (Å²) in [5, 5.41) is 6.67. The monoisotopic (exact) mass is 303 g/mol. The van der Waals surface area contributed by atoms with Gasteiger partial charge < -0.3 is 19.0 Å². The van der Waals surface area contributed by atoms with Gasteiger partial charge in [-0.2, -0.15) is 4.98 Å². The normalized spacial score (nSPS) is 16.2. The first kappa shape index (κ1) is 14.5. The van der Waals surface area contributed by atoms with E-state index in [0.29, 0.717) is 17.5 Å². The topological polar surface area (TPSA) is 90.4 Å². The number of carbonyl (C=O) groups excluding carboxylic acids is 1. The molecule has 7 nitrogen and oxygen atoms in total. The summed E-state index contributed by atoms with van der Waals surface area (Å²) < 4.78 is 15.6. The highest BCUT2D eigenvalue weighted by Crippen LogP contribution is 2.24. The molecule has 116 valence electrons. The second-order valence-corrected chi connectivity index (χ2v) is 5.00. The summed E-state index contributed by atoms with van der Waals surface area (Å²) in [4.78, 5) is 16.0. The first-order chi connectivity index (χ1) is 10.8. The van der Waals surface area contributed by atoms with Crippen LogP contribution in [0.1, 0.15) is 36.2 Å². The average Bonchev–Trinajstić information content (AvgIpc) is 3.23. The maximum absolute atomic E-state index is 11.7. The van der Waals surface area contributed by atoms with E-state index in [0.717, 1.165) is 26.1 Å². The van der Waals surface area contributed by atoms with Gasteiger partial charge in [-0.15, -0.1) is 0 Å². The highest BCUT2D eigenvalue weighted by molar-refractivity contribution is 5.91. The molecule has 1 saturated heterocycles. The molecular weight excluding hydrogens is 286 g/mol. The number of amides is 1. The van der Waals surface area contributed by atoms with Crippen LogP contribution in [0.3, 0.4) is 0 Å². The van der Waals surface area contributed by atoms with Gasteiger partial charge >= 0.3 is 0 Å². The van der Waals surface area contributed by atoms with Gasteiger partial charge in [0.05, 0.1) is 12.8 Å². The molecule has 0 aliphatic carbocycles. The van der Waals surface area contributed by atoms with E-state index < -0.39 is 0 Å². The number of rotatable bonds is 5. The van der Waals surface area contributed by atoms with Crippen LogP contribution in [0, 0.1) is 0 Å². The Balaban J connectivity index is 1.49. The van der Waals surface area contributed by atoms with Crippen LogP contribution in [0.5, 0.6) is 0 Å². The van der Waals surface area contributed by atoms with Gasteiger partial charge in [0.2, 0.25) is 11.8 Å². The zero-order valence-corrected chi connectivity index (χ0v) is 12.0. The molecule has 0 radical (unpaired) electrons. The molecule has 0 bridgehead atoms. The number of carbonyl (C=O) groups is 1. The lowest BCUT2D eigenvalue weighted by atomic mass is 10.00. The van der Waals surface area contributed by atoms with Gasteiger partial charge in [-0.3, -0.25) is 4.79 Å². The summed E-state index contributed by atoms with van der Waals surface area (Å²) >= 11 is 0. The summed E-state index contributed by atoms with van der Waals surface area (Å²) in [5.41, 5.74) is 0. The van der Waals surface area contributed by atoms with Crippen molar-refractivity contribution in [1.29, 1.82) is 0 Å². The Morgan fingerprint density at radius 1 is 1.41 bits per heavy atom. The van der Waals surface area contributed by atoms with Crippen molar-refractivity contribution >= 4 is 12.0 Å². The molecule has 0 atom stereocenters. The minimum absolute atomic E-state index is 0.206. The summed E-state index contributed by atoms with van der Waals surface area (Å²) in [7, 11) is 0. The van der Waals surface area contributed by atoms with Crippen LogP contribution in [0.4, 0.5) is 0 Å². The van der Waals surface area contributed by atoms with Crippen molar-refractivity contribution in [1.82, 2.24) is 15.5 Å². The third kappa shape index (κ3) is 3.82. The molecule has 3 rings (SSSR count). The molecule has 0 aromatic carbocycles. The van der Waals surface area contributed by atoms with Crippen molar-refractivity contribution in [2.45, 2.75) is 25.3 Å². The summed E-state index contributed by atoms with van der Waals surface area (Å²) in [6.45, 7) is 1.66.